The zero-order chi connectivity index (χ0) is 23.8. The number of aliphatic carboxylic acids is 1. The van der Waals surface area contributed by atoms with Crippen molar-refractivity contribution in [2.24, 2.45) is 0 Å². The van der Waals surface area contributed by atoms with E-state index in [4.69, 9.17) is 14.6 Å². The summed E-state index contributed by atoms with van der Waals surface area (Å²) in [4.78, 5) is 35.4. The van der Waals surface area contributed by atoms with E-state index in [1.807, 2.05) is 0 Å². The summed E-state index contributed by atoms with van der Waals surface area (Å²) in [6.45, 7) is 3.47. The number of rotatable bonds is 6. The molecule has 0 aliphatic rings. The molecule has 0 aliphatic carbocycles. The van der Waals surface area contributed by atoms with Gasteiger partial charge in [0.2, 0.25) is 0 Å². The molecule has 0 saturated carbocycles. The Bertz CT molecular complexity index is 1270. The number of carboxylic acids is 1. The highest BCUT2D eigenvalue weighted by Gasteiger charge is 2.13. The van der Waals surface area contributed by atoms with Crippen LogP contribution in [-0.4, -0.2) is 23.0 Å². The first kappa shape index (κ1) is 23.0. The number of ether oxygens (including phenoxy) is 2. The van der Waals surface area contributed by atoms with Gasteiger partial charge in [0.05, 0.1) is 11.1 Å². The van der Waals surface area contributed by atoms with Crippen LogP contribution >= 0.6 is 0 Å². The fourth-order valence-corrected chi connectivity index (χ4v) is 2.86. The normalized spacial score (nSPS) is 10.2. The Morgan fingerprint density at radius 3 is 2.03 bits per heavy atom. The highest BCUT2D eigenvalue weighted by Crippen LogP contribution is 2.25. The molecule has 0 aliphatic heterocycles. The van der Waals surface area contributed by atoms with Crippen LogP contribution < -0.4 is 9.47 Å². The number of carbonyl (C=O) groups is 3. The average molecular weight is 440 g/mol. The van der Waals surface area contributed by atoms with Gasteiger partial charge in [-0.25, -0.2) is 14.4 Å². The smallest absolute Gasteiger partial charge is 0.343 e. The summed E-state index contributed by atoms with van der Waals surface area (Å²) >= 11 is 0. The van der Waals surface area contributed by atoms with E-state index in [0.29, 0.717) is 33.8 Å². The van der Waals surface area contributed by atoms with Gasteiger partial charge >= 0.3 is 17.9 Å². The second-order valence-corrected chi connectivity index (χ2v) is 6.95. The van der Waals surface area contributed by atoms with Crippen molar-refractivity contribution in [2.75, 3.05) is 0 Å². The Hall–Kier alpha value is -4.63. The van der Waals surface area contributed by atoms with Crippen molar-refractivity contribution in [1.82, 2.24) is 0 Å². The molecule has 0 saturated heterocycles. The molecular formula is C27H20O6. The third-order valence-corrected chi connectivity index (χ3v) is 4.51. The third kappa shape index (κ3) is 6.42. The number of carboxylic acid groups (broad SMARTS) is 1. The van der Waals surface area contributed by atoms with Crippen LogP contribution in [0.15, 0.2) is 72.8 Å². The average Bonchev–Trinajstić information content (AvgIpc) is 2.80. The molecule has 3 rings (SSSR count). The highest BCUT2D eigenvalue weighted by molar-refractivity contribution is 5.92. The van der Waals surface area contributed by atoms with Gasteiger partial charge in [-0.05, 0) is 85.6 Å². The maximum Gasteiger partial charge on any atom is 0.343 e. The molecule has 33 heavy (non-hydrogen) atoms. The zero-order valence-electron chi connectivity index (χ0n) is 18.0. The monoisotopic (exact) mass is 440 g/mol. The van der Waals surface area contributed by atoms with Gasteiger partial charge < -0.3 is 14.6 Å². The zero-order valence-corrected chi connectivity index (χ0v) is 18.0. The van der Waals surface area contributed by atoms with Gasteiger partial charge in [-0.15, -0.1) is 5.92 Å². The summed E-state index contributed by atoms with van der Waals surface area (Å²) in [5, 5.41) is 8.67. The minimum absolute atomic E-state index is 0.314. The fourth-order valence-electron chi connectivity index (χ4n) is 2.86. The second kappa shape index (κ2) is 10.6. The SMILES string of the molecule is CC#Cc1ccc(C(=O)Oc2ccc(OC(=O)c3ccc(/C=C/C(=O)O)cc3)c(C)c2)cc1. The van der Waals surface area contributed by atoms with E-state index >= 15 is 0 Å². The van der Waals surface area contributed by atoms with Crippen molar-refractivity contribution in [3.05, 3.63) is 101 Å². The van der Waals surface area contributed by atoms with E-state index in [1.54, 1.807) is 80.6 Å². The molecule has 1 N–H and O–H groups in total. The fraction of sp³-hybridized carbons (Fsp3) is 0.0741. The summed E-state index contributed by atoms with van der Waals surface area (Å²) in [5.74, 6) is 4.23. The van der Waals surface area contributed by atoms with Gasteiger partial charge in [-0.3, -0.25) is 0 Å². The van der Waals surface area contributed by atoms with Crippen LogP contribution in [0.2, 0.25) is 0 Å². The molecule has 0 atom stereocenters. The summed E-state index contributed by atoms with van der Waals surface area (Å²) in [6.07, 6.45) is 2.44. The van der Waals surface area contributed by atoms with Gasteiger partial charge in [0.1, 0.15) is 11.5 Å². The predicted molar refractivity (Wildman–Crippen MR) is 123 cm³/mol. The van der Waals surface area contributed by atoms with E-state index in [0.717, 1.165) is 11.6 Å². The molecule has 0 aromatic heterocycles. The number of benzene rings is 3. The number of aryl methyl sites for hydroxylation is 1. The van der Waals surface area contributed by atoms with Crippen LogP contribution in [0.5, 0.6) is 11.5 Å². The van der Waals surface area contributed by atoms with E-state index < -0.39 is 17.9 Å². The van der Waals surface area contributed by atoms with Gasteiger partial charge in [0.15, 0.2) is 0 Å². The molecule has 0 heterocycles. The predicted octanol–water partition coefficient (Wildman–Crippen LogP) is 4.90. The molecule has 0 radical (unpaired) electrons. The minimum Gasteiger partial charge on any atom is -0.478 e. The second-order valence-electron chi connectivity index (χ2n) is 6.95. The topological polar surface area (TPSA) is 89.9 Å². The minimum atomic E-state index is -1.05. The number of hydrogen-bond donors (Lipinski definition) is 1. The summed E-state index contributed by atoms with van der Waals surface area (Å²) in [5.41, 5.74) is 2.77. The molecule has 164 valence electrons. The Kier molecular flexibility index (Phi) is 7.40. The van der Waals surface area contributed by atoms with Gasteiger partial charge in [-0.2, -0.15) is 0 Å². The molecule has 0 bridgehead atoms. The molecule has 6 heteroatoms. The lowest BCUT2D eigenvalue weighted by molar-refractivity contribution is -0.131. The van der Waals surface area contributed by atoms with E-state index in [1.165, 1.54) is 6.08 Å². The molecule has 6 nitrogen and oxygen atoms in total. The maximum absolute atomic E-state index is 12.4. The summed E-state index contributed by atoms with van der Waals surface area (Å²) in [6, 6.07) is 17.8. The molecular weight excluding hydrogens is 420 g/mol. The highest BCUT2D eigenvalue weighted by atomic mass is 16.5. The first-order valence-electron chi connectivity index (χ1n) is 9.94. The van der Waals surface area contributed by atoms with Crippen LogP contribution in [0.1, 0.15) is 44.3 Å². The van der Waals surface area contributed by atoms with Crippen LogP contribution in [0.4, 0.5) is 0 Å². The number of carbonyl (C=O) groups excluding carboxylic acids is 2. The molecule has 0 amide bonds. The lowest BCUT2D eigenvalue weighted by Crippen LogP contribution is -2.10. The number of hydrogen-bond acceptors (Lipinski definition) is 5. The summed E-state index contributed by atoms with van der Waals surface area (Å²) in [7, 11) is 0. The Balaban J connectivity index is 1.65. The van der Waals surface area contributed by atoms with Crippen molar-refractivity contribution >= 4 is 24.0 Å². The van der Waals surface area contributed by atoms with Crippen LogP contribution in [-0.2, 0) is 4.79 Å². The van der Waals surface area contributed by atoms with Crippen LogP contribution in [0.25, 0.3) is 6.08 Å². The van der Waals surface area contributed by atoms with Gasteiger partial charge in [0.25, 0.3) is 0 Å². The molecule has 0 fully saturated rings. The van der Waals surface area contributed by atoms with Crippen molar-refractivity contribution in [2.45, 2.75) is 13.8 Å². The molecule has 0 spiro atoms. The van der Waals surface area contributed by atoms with Gasteiger partial charge in [0, 0.05) is 11.6 Å². The Labute approximate surface area is 191 Å². The standard InChI is InChI=1S/C27H20O6/c1-3-4-19-5-10-21(11-6-19)26(30)32-23-14-15-24(18(2)17-23)33-27(31)22-12-7-20(8-13-22)9-16-25(28)29/h5-17H,1-2H3,(H,28,29)/b16-9+. The molecule has 3 aromatic rings. The summed E-state index contributed by atoms with van der Waals surface area (Å²) < 4.78 is 10.9. The van der Waals surface area contributed by atoms with Gasteiger partial charge in [-0.1, -0.05) is 18.1 Å². The van der Waals surface area contributed by atoms with Crippen LogP contribution in [0, 0.1) is 18.8 Å². The van der Waals surface area contributed by atoms with Crippen molar-refractivity contribution < 1.29 is 29.0 Å². The lowest BCUT2D eigenvalue weighted by atomic mass is 10.1. The molecule has 0 unspecified atom stereocenters. The van der Waals surface area contributed by atoms with E-state index in [9.17, 15) is 14.4 Å². The van der Waals surface area contributed by atoms with E-state index in [-0.39, 0.29) is 0 Å². The number of esters is 2. The first-order valence-corrected chi connectivity index (χ1v) is 9.94. The van der Waals surface area contributed by atoms with Crippen molar-refractivity contribution in [3.8, 4) is 23.3 Å². The Morgan fingerprint density at radius 1 is 0.848 bits per heavy atom. The molecule has 3 aromatic carbocycles. The quantitative estimate of drug-likeness (QED) is 0.254. The third-order valence-electron chi connectivity index (χ3n) is 4.51. The maximum atomic E-state index is 12.4. The van der Waals surface area contributed by atoms with Crippen molar-refractivity contribution in [3.63, 3.8) is 0 Å². The van der Waals surface area contributed by atoms with Crippen LogP contribution in [0.3, 0.4) is 0 Å². The first-order chi connectivity index (χ1) is 15.9. The van der Waals surface area contributed by atoms with E-state index in [2.05, 4.69) is 11.8 Å². The lowest BCUT2D eigenvalue weighted by Gasteiger charge is -2.10. The Morgan fingerprint density at radius 2 is 1.45 bits per heavy atom. The largest absolute Gasteiger partial charge is 0.478 e. The van der Waals surface area contributed by atoms with Crippen molar-refractivity contribution in [1.29, 1.82) is 0 Å².